The Morgan fingerprint density at radius 2 is 2.04 bits per heavy atom. The molecule has 7 heteroatoms. The Morgan fingerprint density at radius 1 is 1.25 bits per heavy atom. The number of aliphatic imine (C=N–C) groups is 1. The molecule has 146 valence electrons. The Hall–Kier alpha value is -2.25. The van der Waals surface area contributed by atoms with Crippen molar-refractivity contribution >= 4 is 22.8 Å². The fourth-order valence-corrected chi connectivity index (χ4v) is 5.13. The van der Waals surface area contributed by atoms with Crippen molar-refractivity contribution in [1.82, 2.24) is 5.32 Å². The standard InChI is InChI=1S/C21H20F2N2O2S/c1-2-17-15-11-28-20(24-19(26)13-7-4-3-5-8-13)25-21(15,12-27-17)14-9-6-10-16(22)18(14)23/h3-10,15,17H,2,11-12H2,1H3,(H,24,25,26)/t15-,17-,21-/m1/s1. The number of fused-ring (bicyclic) bond motifs is 1. The normalized spacial score (nSPS) is 26.5. The summed E-state index contributed by atoms with van der Waals surface area (Å²) in [5.41, 5.74) is -0.356. The number of nitrogens with zero attached hydrogens (tertiary/aromatic N) is 1. The van der Waals surface area contributed by atoms with Crippen molar-refractivity contribution < 1.29 is 18.3 Å². The molecule has 0 saturated carbocycles. The predicted molar refractivity (Wildman–Crippen MR) is 105 cm³/mol. The Morgan fingerprint density at radius 3 is 2.79 bits per heavy atom. The van der Waals surface area contributed by atoms with Gasteiger partial charge < -0.3 is 10.1 Å². The van der Waals surface area contributed by atoms with Gasteiger partial charge in [-0.05, 0) is 24.6 Å². The smallest absolute Gasteiger partial charge is 0.257 e. The minimum absolute atomic E-state index is 0.0923. The van der Waals surface area contributed by atoms with Gasteiger partial charge in [0.15, 0.2) is 16.8 Å². The molecule has 0 spiro atoms. The molecule has 28 heavy (non-hydrogen) atoms. The number of hydrogen-bond acceptors (Lipinski definition) is 4. The molecule has 2 aromatic carbocycles. The van der Waals surface area contributed by atoms with Gasteiger partial charge in [0.05, 0.1) is 12.7 Å². The van der Waals surface area contributed by atoms with E-state index in [1.807, 2.05) is 13.0 Å². The molecule has 1 amide bonds. The van der Waals surface area contributed by atoms with Crippen LogP contribution in [0.2, 0.25) is 0 Å². The van der Waals surface area contributed by atoms with Crippen molar-refractivity contribution in [3.05, 3.63) is 71.3 Å². The molecule has 2 aliphatic rings. The summed E-state index contributed by atoms with van der Waals surface area (Å²) in [5, 5.41) is 3.21. The zero-order valence-corrected chi connectivity index (χ0v) is 16.1. The lowest BCUT2D eigenvalue weighted by atomic mass is 9.78. The second-order valence-corrected chi connectivity index (χ2v) is 7.95. The van der Waals surface area contributed by atoms with Crippen molar-refractivity contribution in [1.29, 1.82) is 0 Å². The van der Waals surface area contributed by atoms with E-state index < -0.39 is 17.2 Å². The van der Waals surface area contributed by atoms with E-state index in [0.717, 1.165) is 12.5 Å². The summed E-state index contributed by atoms with van der Waals surface area (Å²) in [6.07, 6.45) is 0.663. The molecule has 1 N–H and O–H groups in total. The summed E-state index contributed by atoms with van der Waals surface area (Å²) < 4.78 is 34.6. The van der Waals surface area contributed by atoms with E-state index >= 15 is 0 Å². The van der Waals surface area contributed by atoms with Gasteiger partial charge in [-0.3, -0.25) is 4.79 Å². The number of hydrogen-bond donors (Lipinski definition) is 1. The molecule has 4 rings (SSSR count). The number of amidine groups is 1. The second kappa shape index (κ2) is 7.64. The first-order valence-corrected chi connectivity index (χ1v) is 10.2. The van der Waals surface area contributed by atoms with Crippen molar-refractivity contribution in [3.8, 4) is 0 Å². The maximum atomic E-state index is 14.7. The van der Waals surface area contributed by atoms with Crippen LogP contribution < -0.4 is 5.32 Å². The molecule has 1 saturated heterocycles. The third kappa shape index (κ3) is 3.22. The van der Waals surface area contributed by atoms with Crippen LogP contribution >= 0.6 is 11.8 Å². The first kappa shape index (κ1) is 19.1. The zero-order chi connectivity index (χ0) is 19.7. The van der Waals surface area contributed by atoms with Crippen LogP contribution in [0.1, 0.15) is 29.3 Å². The SMILES string of the molecule is CC[C@H]1OC[C@]2(c3cccc(F)c3F)N=C(NC(=O)c3ccccc3)SC[C@H]12. The molecular weight excluding hydrogens is 382 g/mol. The van der Waals surface area contributed by atoms with Crippen LogP contribution in [0.15, 0.2) is 53.5 Å². The van der Waals surface area contributed by atoms with Gasteiger partial charge in [-0.15, -0.1) is 0 Å². The Bertz CT molecular complexity index is 922. The van der Waals surface area contributed by atoms with Gasteiger partial charge in [0.1, 0.15) is 5.54 Å². The fraction of sp³-hybridized carbons (Fsp3) is 0.333. The molecular formula is C21H20F2N2O2S. The summed E-state index contributed by atoms with van der Waals surface area (Å²) in [5.74, 6) is -1.60. The van der Waals surface area contributed by atoms with Crippen molar-refractivity contribution in [2.24, 2.45) is 10.9 Å². The van der Waals surface area contributed by atoms with Gasteiger partial charge in [-0.2, -0.15) is 0 Å². The van der Waals surface area contributed by atoms with E-state index in [1.165, 1.54) is 17.8 Å². The van der Waals surface area contributed by atoms with Crippen molar-refractivity contribution in [2.45, 2.75) is 25.0 Å². The minimum atomic E-state index is -1.04. The molecule has 0 radical (unpaired) electrons. The largest absolute Gasteiger partial charge is 0.375 e. The Kier molecular flexibility index (Phi) is 5.21. The maximum absolute atomic E-state index is 14.7. The van der Waals surface area contributed by atoms with Crippen LogP contribution in [0.4, 0.5) is 8.78 Å². The highest BCUT2D eigenvalue weighted by Gasteiger charge is 2.54. The summed E-state index contributed by atoms with van der Waals surface area (Å²) in [7, 11) is 0. The van der Waals surface area contributed by atoms with Gasteiger partial charge in [0, 0.05) is 22.8 Å². The van der Waals surface area contributed by atoms with E-state index in [2.05, 4.69) is 5.32 Å². The highest BCUT2D eigenvalue weighted by Crippen LogP contribution is 2.49. The third-order valence-corrected chi connectivity index (χ3v) is 6.35. The molecule has 2 aliphatic heterocycles. The molecule has 0 aromatic heterocycles. The molecule has 2 heterocycles. The number of halogens is 2. The molecule has 4 nitrogen and oxygen atoms in total. The van der Waals surface area contributed by atoms with Crippen LogP contribution in [0.3, 0.4) is 0 Å². The monoisotopic (exact) mass is 402 g/mol. The molecule has 3 atom stereocenters. The molecule has 2 aromatic rings. The number of ether oxygens (including phenoxy) is 1. The van der Waals surface area contributed by atoms with E-state index in [0.29, 0.717) is 16.5 Å². The molecule has 0 unspecified atom stereocenters. The van der Waals surface area contributed by atoms with Crippen molar-refractivity contribution in [2.75, 3.05) is 12.4 Å². The fourth-order valence-electron chi connectivity index (χ4n) is 3.91. The predicted octanol–water partition coefficient (Wildman–Crippen LogP) is 4.12. The topological polar surface area (TPSA) is 50.7 Å². The quantitative estimate of drug-likeness (QED) is 0.840. The summed E-state index contributed by atoms with van der Waals surface area (Å²) >= 11 is 1.41. The van der Waals surface area contributed by atoms with E-state index in [4.69, 9.17) is 9.73 Å². The second-order valence-electron chi connectivity index (χ2n) is 6.94. The summed E-state index contributed by atoms with van der Waals surface area (Å²) in [6.45, 7) is 2.16. The van der Waals surface area contributed by atoms with Crippen LogP contribution in [-0.4, -0.2) is 29.5 Å². The van der Waals surface area contributed by atoms with E-state index in [1.54, 1.807) is 30.3 Å². The van der Waals surface area contributed by atoms with Gasteiger partial charge in [-0.1, -0.05) is 49.0 Å². The number of carbonyl (C=O) groups excluding carboxylic acids is 1. The first-order chi connectivity index (χ1) is 13.5. The molecule has 0 bridgehead atoms. The van der Waals surface area contributed by atoms with Gasteiger partial charge in [0.2, 0.25) is 0 Å². The van der Waals surface area contributed by atoms with Crippen LogP contribution in [0.5, 0.6) is 0 Å². The average Bonchev–Trinajstić information content (AvgIpc) is 3.09. The number of carbonyl (C=O) groups is 1. The first-order valence-electron chi connectivity index (χ1n) is 9.20. The summed E-state index contributed by atoms with van der Waals surface area (Å²) in [4.78, 5) is 17.2. The zero-order valence-electron chi connectivity index (χ0n) is 15.3. The van der Waals surface area contributed by atoms with Crippen molar-refractivity contribution in [3.63, 3.8) is 0 Å². The number of benzene rings is 2. The third-order valence-electron chi connectivity index (χ3n) is 5.36. The minimum Gasteiger partial charge on any atom is -0.375 e. The number of nitrogens with one attached hydrogen (secondary N) is 1. The molecule has 1 fully saturated rings. The lowest BCUT2D eigenvalue weighted by molar-refractivity contribution is 0.0903. The molecule has 0 aliphatic carbocycles. The Balaban J connectivity index is 1.73. The van der Waals surface area contributed by atoms with Crippen LogP contribution in [-0.2, 0) is 10.3 Å². The number of thioether (sulfide) groups is 1. The Labute approximate surface area is 166 Å². The average molecular weight is 402 g/mol. The van der Waals surface area contributed by atoms with E-state index in [-0.39, 0.29) is 30.1 Å². The van der Waals surface area contributed by atoms with Gasteiger partial charge in [0.25, 0.3) is 5.91 Å². The number of amides is 1. The maximum Gasteiger partial charge on any atom is 0.257 e. The highest BCUT2D eigenvalue weighted by molar-refractivity contribution is 8.13. The number of rotatable bonds is 3. The van der Waals surface area contributed by atoms with E-state index in [9.17, 15) is 13.6 Å². The summed E-state index contributed by atoms with van der Waals surface area (Å²) in [6, 6.07) is 12.9. The van der Waals surface area contributed by atoms with Crippen LogP contribution in [0, 0.1) is 17.6 Å². The highest BCUT2D eigenvalue weighted by atomic mass is 32.2. The lowest BCUT2D eigenvalue weighted by Gasteiger charge is -2.36. The van der Waals surface area contributed by atoms with Crippen LogP contribution in [0.25, 0.3) is 0 Å². The van der Waals surface area contributed by atoms with Gasteiger partial charge in [-0.25, -0.2) is 13.8 Å². The lowest BCUT2D eigenvalue weighted by Crippen LogP contribution is -2.44. The van der Waals surface area contributed by atoms with Gasteiger partial charge >= 0.3 is 0 Å².